The van der Waals surface area contributed by atoms with Crippen molar-refractivity contribution in [3.05, 3.63) is 0 Å². The Kier molecular flexibility index (Phi) is 4.10. The Bertz CT molecular complexity index is 296. The molecule has 0 heterocycles. The van der Waals surface area contributed by atoms with Crippen molar-refractivity contribution in [2.45, 2.75) is 32.2 Å². The molecule has 5 heteroatoms. The third kappa shape index (κ3) is 3.24. The SMILES string of the molecule is CC1CCCC1NC(=O)C(=O)NCC#N. The minimum Gasteiger partial charge on any atom is -0.345 e. The van der Waals surface area contributed by atoms with Crippen molar-refractivity contribution in [2.75, 3.05) is 6.54 Å². The van der Waals surface area contributed by atoms with E-state index >= 15 is 0 Å². The Balaban J connectivity index is 2.35. The summed E-state index contributed by atoms with van der Waals surface area (Å²) < 4.78 is 0. The summed E-state index contributed by atoms with van der Waals surface area (Å²) in [6, 6.07) is 1.85. The van der Waals surface area contributed by atoms with Gasteiger partial charge in [0, 0.05) is 6.04 Å². The highest BCUT2D eigenvalue weighted by atomic mass is 16.2. The average molecular weight is 209 g/mol. The second-order valence-corrected chi connectivity index (χ2v) is 3.83. The first-order valence-corrected chi connectivity index (χ1v) is 5.10. The van der Waals surface area contributed by atoms with Crippen LogP contribution in [0, 0.1) is 17.2 Å². The van der Waals surface area contributed by atoms with E-state index in [1.807, 2.05) is 0 Å². The monoisotopic (exact) mass is 209 g/mol. The van der Waals surface area contributed by atoms with Gasteiger partial charge >= 0.3 is 11.8 Å². The van der Waals surface area contributed by atoms with E-state index in [1.165, 1.54) is 0 Å². The number of rotatable bonds is 2. The van der Waals surface area contributed by atoms with Crippen molar-refractivity contribution in [1.82, 2.24) is 10.6 Å². The molecule has 1 fully saturated rings. The maximum Gasteiger partial charge on any atom is 0.310 e. The van der Waals surface area contributed by atoms with Gasteiger partial charge in [0.2, 0.25) is 0 Å². The molecule has 0 spiro atoms. The van der Waals surface area contributed by atoms with Crippen LogP contribution in [0.1, 0.15) is 26.2 Å². The fourth-order valence-electron chi connectivity index (χ4n) is 1.79. The first-order valence-electron chi connectivity index (χ1n) is 5.10. The normalized spacial score (nSPS) is 24.3. The van der Waals surface area contributed by atoms with Gasteiger partial charge in [-0.05, 0) is 18.8 Å². The highest BCUT2D eigenvalue weighted by Gasteiger charge is 2.26. The number of carbonyl (C=O) groups is 2. The average Bonchev–Trinajstić information content (AvgIpc) is 2.61. The van der Waals surface area contributed by atoms with E-state index in [0.29, 0.717) is 5.92 Å². The molecule has 15 heavy (non-hydrogen) atoms. The van der Waals surface area contributed by atoms with Gasteiger partial charge in [-0.2, -0.15) is 5.26 Å². The van der Waals surface area contributed by atoms with Crippen LogP contribution < -0.4 is 10.6 Å². The molecule has 2 amide bonds. The molecule has 82 valence electrons. The second kappa shape index (κ2) is 5.35. The molecule has 2 atom stereocenters. The van der Waals surface area contributed by atoms with Gasteiger partial charge in [-0.3, -0.25) is 9.59 Å². The summed E-state index contributed by atoms with van der Waals surface area (Å²) in [5, 5.41) is 13.1. The quantitative estimate of drug-likeness (QED) is 0.493. The molecule has 2 unspecified atom stereocenters. The molecule has 0 radical (unpaired) electrons. The van der Waals surface area contributed by atoms with Gasteiger partial charge in [0.1, 0.15) is 6.54 Å². The van der Waals surface area contributed by atoms with Crippen LogP contribution in [-0.4, -0.2) is 24.4 Å². The van der Waals surface area contributed by atoms with Crippen molar-refractivity contribution >= 4 is 11.8 Å². The summed E-state index contributed by atoms with van der Waals surface area (Å²) in [7, 11) is 0. The van der Waals surface area contributed by atoms with Crippen molar-refractivity contribution in [2.24, 2.45) is 5.92 Å². The van der Waals surface area contributed by atoms with Gasteiger partial charge in [-0.15, -0.1) is 0 Å². The predicted molar refractivity (Wildman–Crippen MR) is 53.6 cm³/mol. The van der Waals surface area contributed by atoms with Crippen LogP contribution in [0.5, 0.6) is 0 Å². The predicted octanol–water partition coefficient (Wildman–Crippen LogP) is -0.0690. The minimum absolute atomic E-state index is 0.102. The van der Waals surface area contributed by atoms with E-state index < -0.39 is 11.8 Å². The number of nitrogens with one attached hydrogen (secondary N) is 2. The molecule has 0 aromatic heterocycles. The molecular formula is C10H15N3O2. The van der Waals surface area contributed by atoms with E-state index in [1.54, 1.807) is 6.07 Å². The third-order valence-corrected chi connectivity index (χ3v) is 2.71. The van der Waals surface area contributed by atoms with Gasteiger partial charge < -0.3 is 10.6 Å². The summed E-state index contributed by atoms with van der Waals surface area (Å²) in [6.07, 6.45) is 3.11. The first-order chi connectivity index (χ1) is 7.15. The fourth-order valence-corrected chi connectivity index (χ4v) is 1.79. The molecule has 1 aliphatic rings. The summed E-state index contributed by atoms with van der Waals surface area (Å²) in [5.41, 5.74) is 0. The largest absolute Gasteiger partial charge is 0.345 e. The number of amides is 2. The lowest BCUT2D eigenvalue weighted by Gasteiger charge is -2.16. The van der Waals surface area contributed by atoms with Crippen molar-refractivity contribution in [3.63, 3.8) is 0 Å². The smallest absolute Gasteiger partial charge is 0.310 e. The Morgan fingerprint density at radius 3 is 2.67 bits per heavy atom. The van der Waals surface area contributed by atoms with Gasteiger partial charge in [0.15, 0.2) is 0 Å². The lowest BCUT2D eigenvalue weighted by Crippen LogP contribution is -2.45. The van der Waals surface area contributed by atoms with Gasteiger partial charge in [-0.1, -0.05) is 13.3 Å². The summed E-state index contributed by atoms with van der Waals surface area (Å²) in [6.45, 7) is 1.93. The van der Waals surface area contributed by atoms with E-state index in [4.69, 9.17) is 5.26 Å². The Labute approximate surface area is 88.8 Å². The molecule has 1 saturated carbocycles. The number of carbonyl (C=O) groups excluding carboxylic acids is 2. The molecular weight excluding hydrogens is 194 g/mol. The molecule has 1 aliphatic carbocycles. The maximum absolute atomic E-state index is 11.3. The molecule has 2 N–H and O–H groups in total. The van der Waals surface area contributed by atoms with Gasteiger partial charge in [-0.25, -0.2) is 0 Å². The van der Waals surface area contributed by atoms with Crippen LogP contribution in [0.2, 0.25) is 0 Å². The van der Waals surface area contributed by atoms with E-state index in [0.717, 1.165) is 19.3 Å². The summed E-state index contributed by atoms with van der Waals surface area (Å²) in [4.78, 5) is 22.4. The Morgan fingerprint density at radius 2 is 2.13 bits per heavy atom. The zero-order chi connectivity index (χ0) is 11.3. The molecule has 0 aromatic carbocycles. The summed E-state index contributed by atoms with van der Waals surface area (Å²) >= 11 is 0. The molecule has 5 nitrogen and oxygen atoms in total. The maximum atomic E-state index is 11.3. The standard InChI is InChI=1S/C10H15N3O2/c1-7-3-2-4-8(7)13-10(15)9(14)12-6-5-11/h7-8H,2-4,6H2,1H3,(H,12,14)(H,13,15). The van der Waals surface area contributed by atoms with E-state index in [9.17, 15) is 9.59 Å². The van der Waals surface area contributed by atoms with E-state index in [-0.39, 0.29) is 12.6 Å². The zero-order valence-corrected chi connectivity index (χ0v) is 8.75. The van der Waals surface area contributed by atoms with Crippen molar-refractivity contribution in [3.8, 4) is 6.07 Å². The number of hydrogen-bond acceptors (Lipinski definition) is 3. The lowest BCUT2D eigenvalue weighted by atomic mass is 10.1. The highest BCUT2D eigenvalue weighted by molar-refractivity contribution is 6.35. The minimum atomic E-state index is -0.726. The Hall–Kier alpha value is -1.57. The fraction of sp³-hybridized carbons (Fsp3) is 0.700. The highest BCUT2D eigenvalue weighted by Crippen LogP contribution is 2.24. The molecule has 0 aromatic rings. The van der Waals surface area contributed by atoms with Crippen LogP contribution in [0.25, 0.3) is 0 Å². The Morgan fingerprint density at radius 1 is 1.40 bits per heavy atom. The van der Waals surface area contributed by atoms with Crippen molar-refractivity contribution < 1.29 is 9.59 Å². The number of nitriles is 1. The van der Waals surface area contributed by atoms with Crippen LogP contribution in [0.15, 0.2) is 0 Å². The second-order valence-electron chi connectivity index (χ2n) is 3.83. The topological polar surface area (TPSA) is 82.0 Å². The number of nitrogens with zero attached hydrogens (tertiary/aromatic N) is 1. The van der Waals surface area contributed by atoms with Crippen LogP contribution >= 0.6 is 0 Å². The molecule has 0 bridgehead atoms. The van der Waals surface area contributed by atoms with E-state index in [2.05, 4.69) is 17.6 Å². The first kappa shape index (κ1) is 11.5. The van der Waals surface area contributed by atoms with Crippen molar-refractivity contribution in [1.29, 1.82) is 5.26 Å². The molecule has 0 aliphatic heterocycles. The van der Waals surface area contributed by atoms with Crippen LogP contribution in [0.3, 0.4) is 0 Å². The molecule has 0 saturated heterocycles. The molecule has 1 rings (SSSR count). The van der Waals surface area contributed by atoms with Crippen LogP contribution in [-0.2, 0) is 9.59 Å². The van der Waals surface area contributed by atoms with Crippen LogP contribution in [0.4, 0.5) is 0 Å². The van der Waals surface area contributed by atoms with Gasteiger partial charge in [0.05, 0.1) is 6.07 Å². The van der Waals surface area contributed by atoms with Gasteiger partial charge in [0.25, 0.3) is 0 Å². The number of hydrogen-bond donors (Lipinski definition) is 2. The lowest BCUT2D eigenvalue weighted by molar-refractivity contribution is -0.139. The third-order valence-electron chi connectivity index (χ3n) is 2.71. The zero-order valence-electron chi connectivity index (χ0n) is 8.75. The summed E-state index contributed by atoms with van der Waals surface area (Å²) in [5.74, 6) is -0.933.